The van der Waals surface area contributed by atoms with Crippen LogP contribution < -0.4 is 5.32 Å². The molecular formula is C26H40ClN3O5S. The van der Waals surface area contributed by atoms with Crippen molar-refractivity contribution in [3.63, 3.8) is 0 Å². The molecule has 202 valence electrons. The normalized spacial score (nSPS) is 25.8. The number of rotatable bonds is 7. The van der Waals surface area contributed by atoms with E-state index in [1.807, 2.05) is 39.8 Å². The molecule has 0 radical (unpaired) electrons. The minimum atomic E-state index is -3.42. The van der Waals surface area contributed by atoms with Crippen LogP contribution in [0.5, 0.6) is 0 Å². The summed E-state index contributed by atoms with van der Waals surface area (Å²) in [6, 6.07) is 6.42. The number of carbonyl (C=O) groups excluding carboxylic acids is 2. The molecule has 0 bridgehead atoms. The van der Waals surface area contributed by atoms with E-state index in [0.29, 0.717) is 37.5 Å². The summed E-state index contributed by atoms with van der Waals surface area (Å²) < 4.78 is 26.3. The zero-order valence-corrected chi connectivity index (χ0v) is 23.7. The largest absolute Gasteiger partial charge is 0.384 e. The predicted octanol–water partition coefficient (Wildman–Crippen LogP) is 2.99. The van der Waals surface area contributed by atoms with Crippen molar-refractivity contribution in [2.24, 2.45) is 17.3 Å². The van der Waals surface area contributed by atoms with E-state index >= 15 is 0 Å². The maximum atomic E-state index is 13.6. The van der Waals surface area contributed by atoms with Gasteiger partial charge in [-0.1, -0.05) is 51.4 Å². The Morgan fingerprint density at radius 3 is 2.25 bits per heavy atom. The first kappa shape index (κ1) is 28.9. The summed E-state index contributed by atoms with van der Waals surface area (Å²) in [5.74, 6) is -1.12. The molecular weight excluding hydrogens is 502 g/mol. The fourth-order valence-corrected chi connectivity index (χ4v) is 6.69. The van der Waals surface area contributed by atoms with Gasteiger partial charge in [0, 0.05) is 36.6 Å². The standard InChI is InChI=1S/C26H40ClN3O5S/c1-17(2)22(28-23(31)19-11-13-30(15-19)36(34,35)18(3)4)24(32)29-14-12-26(33,25(5,6)16-29)20-7-9-21(27)10-8-20/h7-10,17-19,22,33H,11-16H2,1-6H3,(H,28,31)/t19-,22-,26+/m1/s1. The Morgan fingerprint density at radius 1 is 1.11 bits per heavy atom. The van der Waals surface area contributed by atoms with Gasteiger partial charge in [-0.3, -0.25) is 9.59 Å². The number of aliphatic hydroxyl groups is 1. The van der Waals surface area contributed by atoms with Gasteiger partial charge < -0.3 is 15.3 Å². The Hall–Kier alpha value is -1.68. The molecule has 1 aromatic carbocycles. The zero-order valence-electron chi connectivity index (χ0n) is 22.1. The first-order valence-corrected chi connectivity index (χ1v) is 14.5. The molecule has 0 aliphatic carbocycles. The number of carbonyl (C=O) groups is 2. The van der Waals surface area contributed by atoms with Gasteiger partial charge in [-0.05, 0) is 50.3 Å². The van der Waals surface area contributed by atoms with Gasteiger partial charge in [-0.15, -0.1) is 0 Å². The Labute approximate surface area is 220 Å². The molecule has 2 fully saturated rings. The average molecular weight is 542 g/mol. The molecule has 2 aliphatic heterocycles. The van der Waals surface area contributed by atoms with Crippen LogP contribution in [-0.4, -0.2) is 72.0 Å². The van der Waals surface area contributed by atoms with Gasteiger partial charge in [-0.2, -0.15) is 0 Å². The van der Waals surface area contributed by atoms with E-state index in [0.717, 1.165) is 5.56 Å². The molecule has 2 N–H and O–H groups in total. The van der Waals surface area contributed by atoms with E-state index < -0.39 is 38.2 Å². The number of amides is 2. The quantitative estimate of drug-likeness (QED) is 0.552. The van der Waals surface area contributed by atoms with Crippen LogP contribution in [0.15, 0.2) is 24.3 Å². The number of benzene rings is 1. The van der Waals surface area contributed by atoms with Crippen LogP contribution in [0.1, 0.15) is 59.9 Å². The molecule has 2 amide bonds. The van der Waals surface area contributed by atoms with Gasteiger partial charge in [0.1, 0.15) is 6.04 Å². The van der Waals surface area contributed by atoms with Gasteiger partial charge in [0.25, 0.3) is 0 Å². The SMILES string of the molecule is CC(C)[C@@H](NC(=O)[C@@H]1CCN(S(=O)(=O)C(C)C)C1)C(=O)N1CC[C@](O)(c2ccc(Cl)cc2)C(C)(C)C1. The third kappa shape index (κ3) is 5.59. The number of hydrogen-bond donors (Lipinski definition) is 2. The molecule has 1 aromatic rings. The lowest BCUT2D eigenvalue weighted by Crippen LogP contribution is -2.60. The fourth-order valence-electron chi connectivity index (χ4n) is 5.22. The third-order valence-corrected chi connectivity index (χ3v) is 10.3. The summed E-state index contributed by atoms with van der Waals surface area (Å²) in [6.07, 6.45) is 0.790. The first-order chi connectivity index (χ1) is 16.6. The minimum Gasteiger partial charge on any atom is -0.384 e. The Kier molecular flexibility index (Phi) is 8.50. The first-order valence-electron chi connectivity index (χ1n) is 12.7. The topological polar surface area (TPSA) is 107 Å². The maximum Gasteiger partial charge on any atom is 0.245 e. The maximum absolute atomic E-state index is 13.6. The van der Waals surface area contributed by atoms with E-state index in [2.05, 4.69) is 5.32 Å². The Bertz CT molecular complexity index is 1070. The average Bonchev–Trinajstić information content (AvgIpc) is 3.30. The molecule has 2 heterocycles. The van der Waals surface area contributed by atoms with Crippen LogP contribution in [0.3, 0.4) is 0 Å². The Morgan fingerprint density at radius 2 is 1.72 bits per heavy atom. The second-order valence-electron chi connectivity index (χ2n) is 11.4. The number of likely N-dealkylation sites (tertiary alicyclic amines) is 1. The predicted molar refractivity (Wildman–Crippen MR) is 141 cm³/mol. The van der Waals surface area contributed by atoms with Gasteiger partial charge in [0.15, 0.2) is 0 Å². The molecule has 0 unspecified atom stereocenters. The molecule has 8 nitrogen and oxygen atoms in total. The molecule has 2 saturated heterocycles. The second-order valence-corrected chi connectivity index (χ2v) is 14.4. The summed E-state index contributed by atoms with van der Waals surface area (Å²) in [5.41, 5.74) is -1.00. The van der Waals surface area contributed by atoms with E-state index in [1.165, 1.54) is 4.31 Å². The zero-order chi connectivity index (χ0) is 27.1. The summed E-state index contributed by atoms with van der Waals surface area (Å²) in [7, 11) is -3.42. The number of hydrogen-bond acceptors (Lipinski definition) is 5. The highest BCUT2D eigenvalue weighted by Gasteiger charge is 2.50. The molecule has 0 aromatic heterocycles. The van der Waals surface area contributed by atoms with E-state index in [4.69, 9.17) is 11.6 Å². The van der Waals surface area contributed by atoms with Crippen molar-refractivity contribution >= 4 is 33.4 Å². The van der Waals surface area contributed by atoms with Gasteiger partial charge in [0.2, 0.25) is 21.8 Å². The third-order valence-electron chi connectivity index (χ3n) is 7.79. The van der Waals surface area contributed by atoms with Gasteiger partial charge in [0.05, 0.1) is 16.8 Å². The van der Waals surface area contributed by atoms with Crippen LogP contribution >= 0.6 is 11.6 Å². The molecule has 3 atom stereocenters. The lowest BCUT2D eigenvalue weighted by Gasteiger charge is -2.51. The lowest BCUT2D eigenvalue weighted by atomic mass is 9.66. The number of sulfonamides is 1. The highest BCUT2D eigenvalue weighted by atomic mass is 35.5. The van der Waals surface area contributed by atoms with Crippen molar-refractivity contribution in [1.29, 1.82) is 0 Å². The van der Waals surface area contributed by atoms with Crippen molar-refractivity contribution in [3.8, 4) is 0 Å². The van der Waals surface area contributed by atoms with Crippen molar-refractivity contribution in [3.05, 3.63) is 34.9 Å². The van der Waals surface area contributed by atoms with Crippen LogP contribution in [0, 0.1) is 17.3 Å². The number of halogens is 1. The number of nitrogens with zero attached hydrogens (tertiary/aromatic N) is 2. The van der Waals surface area contributed by atoms with Crippen LogP contribution in [0.4, 0.5) is 0 Å². The van der Waals surface area contributed by atoms with Crippen molar-refractivity contribution in [2.45, 2.75) is 71.3 Å². The summed E-state index contributed by atoms with van der Waals surface area (Å²) in [5, 5.41) is 14.6. The monoisotopic (exact) mass is 541 g/mol. The second kappa shape index (κ2) is 10.6. The molecule has 2 aliphatic rings. The smallest absolute Gasteiger partial charge is 0.245 e. The van der Waals surface area contributed by atoms with Crippen LogP contribution in [0.2, 0.25) is 5.02 Å². The lowest BCUT2D eigenvalue weighted by molar-refractivity contribution is -0.157. The summed E-state index contributed by atoms with van der Waals surface area (Å²) in [6.45, 7) is 12.0. The highest BCUT2D eigenvalue weighted by Crippen LogP contribution is 2.46. The Balaban J connectivity index is 1.70. The minimum absolute atomic E-state index is 0.135. The molecule has 10 heteroatoms. The van der Waals surface area contributed by atoms with Crippen molar-refractivity contribution < 1.29 is 23.1 Å². The fraction of sp³-hybridized carbons (Fsp3) is 0.692. The van der Waals surface area contributed by atoms with Crippen LogP contribution in [-0.2, 0) is 25.2 Å². The van der Waals surface area contributed by atoms with Crippen LogP contribution in [0.25, 0.3) is 0 Å². The van der Waals surface area contributed by atoms with E-state index in [1.54, 1.807) is 30.9 Å². The summed E-state index contributed by atoms with van der Waals surface area (Å²) in [4.78, 5) is 28.4. The summed E-state index contributed by atoms with van der Waals surface area (Å²) >= 11 is 6.03. The molecule has 3 rings (SSSR count). The highest BCUT2D eigenvalue weighted by molar-refractivity contribution is 7.89. The molecule has 0 spiro atoms. The molecule has 36 heavy (non-hydrogen) atoms. The van der Waals surface area contributed by atoms with E-state index in [9.17, 15) is 23.1 Å². The van der Waals surface area contributed by atoms with Gasteiger partial charge in [-0.25, -0.2) is 12.7 Å². The van der Waals surface area contributed by atoms with E-state index in [-0.39, 0.29) is 24.3 Å². The van der Waals surface area contributed by atoms with Gasteiger partial charge >= 0.3 is 0 Å². The number of piperidine rings is 1. The number of nitrogens with one attached hydrogen (secondary N) is 1. The van der Waals surface area contributed by atoms with Crippen molar-refractivity contribution in [1.82, 2.24) is 14.5 Å². The van der Waals surface area contributed by atoms with Crippen molar-refractivity contribution in [2.75, 3.05) is 26.2 Å². The molecule has 0 saturated carbocycles.